The largest absolute Gasteiger partial charge is 0.462 e. The SMILES string of the molecule is CCCCCCCCCCCC(=O)OC[C@H](COC(=O)CCCCCCCCCCCCCCCC(C)C)OC(=O)CCCCCCCCC. The van der Waals surface area contributed by atoms with Crippen LogP contribution in [0.3, 0.4) is 0 Å². The standard InChI is InChI=1S/C44H84O6/c1-5-7-9-11-13-19-24-27-31-35-42(45)48-38-41(50-44(47)37-33-29-22-12-10-8-6-2)39-49-43(46)36-32-28-25-21-18-16-14-15-17-20-23-26-30-34-40(3)4/h40-41H,5-39H2,1-4H3/t41-/m1/s1. The van der Waals surface area contributed by atoms with Gasteiger partial charge >= 0.3 is 17.9 Å². The summed E-state index contributed by atoms with van der Waals surface area (Å²) in [5.41, 5.74) is 0. The number of hydrogen-bond donors (Lipinski definition) is 0. The summed E-state index contributed by atoms with van der Waals surface area (Å²) < 4.78 is 16.6. The maximum absolute atomic E-state index is 12.6. The lowest BCUT2D eigenvalue weighted by Gasteiger charge is -2.18. The van der Waals surface area contributed by atoms with Gasteiger partial charge in [0.2, 0.25) is 0 Å². The highest BCUT2D eigenvalue weighted by molar-refractivity contribution is 5.71. The molecule has 50 heavy (non-hydrogen) atoms. The van der Waals surface area contributed by atoms with Gasteiger partial charge < -0.3 is 14.2 Å². The Morgan fingerprint density at radius 2 is 0.660 bits per heavy atom. The molecule has 296 valence electrons. The zero-order valence-corrected chi connectivity index (χ0v) is 33.9. The molecule has 0 N–H and O–H groups in total. The third-order valence-electron chi connectivity index (χ3n) is 9.79. The fraction of sp³-hybridized carbons (Fsp3) is 0.932. The van der Waals surface area contributed by atoms with Crippen molar-refractivity contribution in [2.75, 3.05) is 13.2 Å². The Hall–Kier alpha value is -1.59. The second-order valence-corrected chi connectivity index (χ2v) is 15.5. The molecular weight excluding hydrogens is 624 g/mol. The Bertz CT molecular complexity index is 751. The minimum atomic E-state index is -0.757. The topological polar surface area (TPSA) is 78.9 Å². The zero-order chi connectivity index (χ0) is 36.8. The number of carbonyl (C=O) groups is 3. The summed E-state index contributed by atoms with van der Waals surface area (Å²) >= 11 is 0. The van der Waals surface area contributed by atoms with Crippen LogP contribution in [0.25, 0.3) is 0 Å². The minimum Gasteiger partial charge on any atom is -0.462 e. The van der Waals surface area contributed by atoms with E-state index < -0.39 is 6.10 Å². The molecule has 0 unspecified atom stereocenters. The first-order chi connectivity index (χ1) is 24.4. The van der Waals surface area contributed by atoms with Crippen molar-refractivity contribution in [1.29, 1.82) is 0 Å². The van der Waals surface area contributed by atoms with Gasteiger partial charge in [-0.2, -0.15) is 0 Å². The lowest BCUT2D eigenvalue weighted by atomic mass is 10.0. The van der Waals surface area contributed by atoms with Crippen LogP contribution in [-0.4, -0.2) is 37.2 Å². The van der Waals surface area contributed by atoms with Gasteiger partial charge in [-0.25, -0.2) is 0 Å². The number of rotatable bonds is 39. The third kappa shape index (κ3) is 37.7. The highest BCUT2D eigenvalue weighted by atomic mass is 16.6. The first-order valence-electron chi connectivity index (χ1n) is 21.9. The fourth-order valence-corrected chi connectivity index (χ4v) is 6.45. The van der Waals surface area contributed by atoms with E-state index in [0.29, 0.717) is 19.3 Å². The smallest absolute Gasteiger partial charge is 0.306 e. The van der Waals surface area contributed by atoms with E-state index in [1.807, 2.05) is 0 Å². The van der Waals surface area contributed by atoms with Gasteiger partial charge in [-0.3, -0.25) is 14.4 Å². The summed E-state index contributed by atoms with van der Waals surface area (Å²) in [4.78, 5) is 37.4. The third-order valence-corrected chi connectivity index (χ3v) is 9.79. The van der Waals surface area contributed by atoms with Gasteiger partial charge in [0.15, 0.2) is 6.10 Å². The number of hydrogen-bond acceptors (Lipinski definition) is 6. The Balaban J connectivity index is 4.20. The fourth-order valence-electron chi connectivity index (χ4n) is 6.45. The molecule has 0 heterocycles. The Labute approximate surface area is 310 Å². The van der Waals surface area contributed by atoms with Crippen molar-refractivity contribution in [3.63, 3.8) is 0 Å². The van der Waals surface area contributed by atoms with E-state index in [0.717, 1.165) is 63.7 Å². The van der Waals surface area contributed by atoms with Crippen LogP contribution in [-0.2, 0) is 28.6 Å². The van der Waals surface area contributed by atoms with Gasteiger partial charge in [0.05, 0.1) is 0 Å². The first kappa shape index (κ1) is 48.4. The number of ether oxygens (including phenoxy) is 3. The van der Waals surface area contributed by atoms with Crippen LogP contribution in [0.1, 0.15) is 240 Å². The molecule has 0 saturated carbocycles. The molecule has 0 spiro atoms. The maximum atomic E-state index is 12.6. The maximum Gasteiger partial charge on any atom is 0.306 e. The van der Waals surface area contributed by atoms with Crippen molar-refractivity contribution < 1.29 is 28.6 Å². The minimum absolute atomic E-state index is 0.0646. The average molecular weight is 709 g/mol. The number of esters is 3. The van der Waals surface area contributed by atoms with E-state index in [-0.39, 0.29) is 31.1 Å². The monoisotopic (exact) mass is 709 g/mol. The highest BCUT2D eigenvalue weighted by Crippen LogP contribution is 2.16. The first-order valence-corrected chi connectivity index (χ1v) is 21.9. The van der Waals surface area contributed by atoms with E-state index in [4.69, 9.17) is 14.2 Å². The molecule has 0 aromatic carbocycles. The van der Waals surface area contributed by atoms with E-state index >= 15 is 0 Å². The average Bonchev–Trinajstić information content (AvgIpc) is 3.09. The van der Waals surface area contributed by atoms with Crippen molar-refractivity contribution >= 4 is 17.9 Å². The van der Waals surface area contributed by atoms with E-state index in [1.165, 1.54) is 135 Å². The van der Waals surface area contributed by atoms with Gasteiger partial charge in [-0.05, 0) is 25.2 Å². The van der Waals surface area contributed by atoms with Gasteiger partial charge in [0, 0.05) is 19.3 Å². The molecular formula is C44H84O6. The summed E-state index contributed by atoms with van der Waals surface area (Å²) in [7, 11) is 0. The molecule has 0 aromatic heterocycles. The molecule has 0 rings (SSSR count). The van der Waals surface area contributed by atoms with Crippen LogP contribution in [0.15, 0.2) is 0 Å². The van der Waals surface area contributed by atoms with Crippen molar-refractivity contribution in [2.24, 2.45) is 5.92 Å². The van der Waals surface area contributed by atoms with E-state index in [2.05, 4.69) is 27.7 Å². The zero-order valence-electron chi connectivity index (χ0n) is 33.9. The van der Waals surface area contributed by atoms with Crippen LogP contribution in [0.2, 0.25) is 0 Å². The number of unbranched alkanes of at least 4 members (excludes halogenated alkanes) is 26. The molecule has 0 aliphatic carbocycles. The summed E-state index contributed by atoms with van der Waals surface area (Å²) in [6, 6.07) is 0. The lowest BCUT2D eigenvalue weighted by Crippen LogP contribution is -2.30. The molecule has 6 heteroatoms. The quantitative estimate of drug-likeness (QED) is 0.0359. The Kier molecular flexibility index (Phi) is 37.4. The number of carbonyl (C=O) groups excluding carboxylic acids is 3. The van der Waals surface area contributed by atoms with Crippen LogP contribution >= 0.6 is 0 Å². The molecule has 0 aliphatic rings. The van der Waals surface area contributed by atoms with Gasteiger partial charge in [0.25, 0.3) is 0 Å². The molecule has 0 bridgehead atoms. The molecule has 0 aliphatic heterocycles. The van der Waals surface area contributed by atoms with Crippen molar-refractivity contribution in [2.45, 2.75) is 246 Å². The van der Waals surface area contributed by atoms with Gasteiger partial charge in [-0.15, -0.1) is 0 Å². The molecule has 0 saturated heterocycles. The lowest BCUT2D eigenvalue weighted by molar-refractivity contribution is -0.167. The highest BCUT2D eigenvalue weighted by Gasteiger charge is 2.19. The molecule has 0 fully saturated rings. The van der Waals surface area contributed by atoms with Crippen molar-refractivity contribution in [3.05, 3.63) is 0 Å². The van der Waals surface area contributed by atoms with Crippen LogP contribution in [0, 0.1) is 5.92 Å². The molecule has 6 nitrogen and oxygen atoms in total. The van der Waals surface area contributed by atoms with Crippen LogP contribution in [0.5, 0.6) is 0 Å². The van der Waals surface area contributed by atoms with Gasteiger partial charge in [-0.1, -0.05) is 201 Å². The Morgan fingerprint density at radius 3 is 0.980 bits per heavy atom. The summed E-state index contributed by atoms with van der Waals surface area (Å²) in [6.45, 7) is 8.94. The molecule has 1 atom stereocenters. The normalized spacial score (nSPS) is 11.9. The second-order valence-electron chi connectivity index (χ2n) is 15.5. The predicted molar refractivity (Wildman–Crippen MR) is 210 cm³/mol. The Morgan fingerprint density at radius 1 is 0.380 bits per heavy atom. The summed E-state index contributed by atoms with van der Waals surface area (Å²) in [5, 5.41) is 0. The second kappa shape index (κ2) is 38.6. The summed E-state index contributed by atoms with van der Waals surface area (Å²) in [5.74, 6) is -0.0259. The molecule has 0 aromatic rings. The predicted octanol–water partition coefficient (Wildman–Crippen LogP) is 13.6. The van der Waals surface area contributed by atoms with E-state index in [1.54, 1.807) is 0 Å². The van der Waals surface area contributed by atoms with Crippen LogP contribution < -0.4 is 0 Å². The van der Waals surface area contributed by atoms with Gasteiger partial charge in [0.1, 0.15) is 13.2 Å². The molecule has 0 radical (unpaired) electrons. The van der Waals surface area contributed by atoms with Crippen molar-refractivity contribution in [1.82, 2.24) is 0 Å². The van der Waals surface area contributed by atoms with Crippen molar-refractivity contribution in [3.8, 4) is 0 Å². The molecule has 0 amide bonds. The summed E-state index contributed by atoms with van der Waals surface area (Å²) in [6.07, 6.45) is 36.7. The van der Waals surface area contributed by atoms with E-state index in [9.17, 15) is 14.4 Å². The van der Waals surface area contributed by atoms with Crippen LogP contribution in [0.4, 0.5) is 0 Å².